The van der Waals surface area contributed by atoms with Crippen molar-refractivity contribution in [2.24, 2.45) is 5.10 Å². The molecule has 1 aliphatic heterocycles. The fraction of sp³-hybridized carbons (Fsp3) is 0.208. The topological polar surface area (TPSA) is 80.2 Å². The Morgan fingerprint density at radius 1 is 1.03 bits per heavy atom. The highest BCUT2D eigenvalue weighted by Crippen LogP contribution is 2.29. The van der Waals surface area contributed by atoms with Crippen LogP contribution in [0.25, 0.3) is 0 Å². The van der Waals surface area contributed by atoms with Gasteiger partial charge in [-0.25, -0.2) is 5.01 Å². The average Bonchev–Trinajstić information content (AvgIpc) is 3.39. The number of hydrazone groups is 1. The van der Waals surface area contributed by atoms with Crippen molar-refractivity contribution in [2.45, 2.75) is 12.8 Å². The first-order chi connectivity index (χ1) is 15.6. The van der Waals surface area contributed by atoms with E-state index < -0.39 is 0 Å². The van der Waals surface area contributed by atoms with Crippen LogP contribution in [0.5, 0.6) is 11.5 Å². The van der Waals surface area contributed by atoms with Crippen LogP contribution in [0.1, 0.15) is 38.4 Å². The summed E-state index contributed by atoms with van der Waals surface area (Å²) in [6.45, 7) is 0.503. The SMILES string of the molecule is COc1ccc(C2=NN(C(=O)c3ccccc3NC(=O)c3cccs3)CCC2)cc1OC. The first kappa shape index (κ1) is 21.6. The van der Waals surface area contributed by atoms with Crippen LogP contribution in [0.2, 0.25) is 0 Å². The number of benzene rings is 2. The van der Waals surface area contributed by atoms with Gasteiger partial charge in [0.15, 0.2) is 11.5 Å². The van der Waals surface area contributed by atoms with Crippen molar-refractivity contribution < 1.29 is 19.1 Å². The molecule has 1 N–H and O–H groups in total. The predicted molar refractivity (Wildman–Crippen MR) is 125 cm³/mol. The first-order valence-electron chi connectivity index (χ1n) is 10.2. The maximum Gasteiger partial charge on any atom is 0.276 e. The number of rotatable bonds is 6. The molecule has 0 fully saturated rings. The Kier molecular flexibility index (Phi) is 6.51. The molecule has 4 rings (SSSR count). The molecule has 3 aromatic rings. The number of methoxy groups -OCH3 is 2. The van der Waals surface area contributed by atoms with Crippen LogP contribution >= 0.6 is 11.3 Å². The number of nitrogens with one attached hydrogen (secondary N) is 1. The molecule has 2 aromatic carbocycles. The summed E-state index contributed by atoms with van der Waals surface area (Å²) >= 11 is 1.35. The number of carbonyl (C=O) groups is 2. The van der Waals surface area contributed by atoms with Crippen molar-refractivity contribution in [1.82, 2.24) is 5.01 Å². The Bertz CT molecular complexity index is 1160. The number of anilines is 1. The van der Waals surface area contributed by atoms with Gasteiger partial charge in [-0.05, 0) is 54.6 Å². The van der Waals surface area contributed by atoms with Gasteiger partial charge in [-0.3, -0.25) is 9.59 Å². The van der Waals surface area contributed by atoms with Crippen molar-refractivity contribution in [3.05, 3.63) is 76.0 Å². The molecule has 0 saturated heterocycles. The second kappa shape index (κ2) is 9.65. The number of hydrogen-bond donors (Lipinski definition) is 1. The molecule has 32 heavy (non-hydrogen) atoms. The monoisotopic (exact) mass is 449 g/mol. The van der Waals surface area contributed by atoms with Crippen LogP contribution in [0.15, 0.2) is 65.1 Å². The Morgan fingerprint density at radius 3 is 2.59 bits per heavy atom. The van der Waals surface area contributed by atoms with Gasteiger partial charge < -0.3 is 14.8 Å². The number of hydrogen-bond acceptors (Lipinski definition) is 6. The number of ether oxygens (including phenoxy) is 2. The molecular weight excluding hydrogens is 426 g/mol. The third kappa shape index (κ3) is 4.50. The van der Waals surface area contributed by atoms with Crippen molar-refractivity contribution in [2.75, 3.05) is 26.1 Å². The maximum absolute atomic E-state index is 13.3. The van der Waals surface area contributed by atoms with Crippen molar-refractivity contribution in [3.8, 4) is 11.5 Å². The van der Waals surface area contributed by atoms with Crippen LogP contribution in [-0.2, 0) is 0 Å². The molecule has 0 atom stereocenters. The minimum atomic E-state index is -0.259. The second-order valence-electron chi connectivity index (χ2n) is 7.13. The van der Waals surface area contributed by atoms with E-state index in [4.69, 9.17) is 9.47 Å². The van der Waals surface area contributed by atoms with E-state index in [1.54, 1.807) is 44.6 Å². The van der Waals surface area contributed by atoms with Gasteiger partial charge in [0.2, 0.25) is 0 Å². The summed E-state index contributed by atoms with van der Waals surface area (Å²) in [4.78, 5) is 26.4. The van der Waals surface area contributed by atoms with Crippen LogP contribution in [0.4, 0.5) is 5.69 Å². The number of carbonyl (C=O) groups excluding carboxylic acids is 2. The summed E-state index contributed by atoms with van der Waals surface area (Å²) in [6.07, 6.45) is 1.53. The van der Waals surface area contributed by atoms with E-state index in [1.165, 1.54) is 16.3 Å². The molecular formula is C24H23N3O4S. The van der Waals surface area contributed by atoms with Crippen LogP contribution in [0.3, 0.4) is 0 Å². The smallest absolute Gasteiger partial charge is 0.276 e. The zero-order valence-corrected chi connectivity index (χ0v) is 18.6. The molecule has 2 amide bonds. The van der Waals surface area contributed by atoms with E-state index in [0.29, 0.717) is 34.2 Å². The van der Waals surface area contributed by atoms with E-state index >= 15 is 0 Å². The van der Waals surface area contributed by atoms with Gasteiger partial charge in [0, 0.05) is 12.1 Å². The average molecular weight is 450 g/mol. The van der Waals surface area contributed by atoms with Gasteiger partial charge in [0.1, 0.15) is 0 Å². The number of nitrogens with zero attached hydrogens (tertiary/aromatic N) is 2. The van der Waals surface area contributed by atoms with Crippen LogP contribution in [-0.4, -0.2) is 43.3 Å². The molecule has 0 radical (unpaired) electrons. The number of para-hydroxylation sites is 1. The number of amides is 2. The molecule has 0 aliphatic carbocycles. The van der Waals surface area contributed by atoms with E-state index in [1.807, 2.05) is 29.6 Å². The van der Waals surface area contributed by atoms with E-state index in [0.717, 1.165) is 24.1 Å². The minimum Gasteiger partial charge on any atom is -0.493 e. The van der Waals surface area contributed by atoms with E-state index in [2.05, 4.69) is 10.4 Å². The molecule has 0 saturated carbocycles. The van der Waals surface area contributed by atoms with Crippen molar-refractivity contribution in [3.63, 3.8) is 0 Å². The minimum absolute atomic E-state index is 0.242. The van der Waals surface area contributed by atoms with Gasteiger partial charge in [-0.1, -0.05) is 18.2 Å². The standard InChI is InChI=1S/C24H23N3O4S/c1-30-20-12-11-16(15-21(20)31-2)18-9-5-13-27(26-18)24(29)17-7-3-4-8-19(17)25-23(28)22-10-6-14-32-22/h3-4,6-8,10-12,14-15H,5,9,13H2,1-2H3,(H,25,28). The lowest BCUT2D eigenvalue weighted by atomic mass is 10.0. The molecule has 7 nitrogen and oxygen atoms in total. The third-order valence-corrected chi connectivity index (χ3v) is 6.00. The van der Waals surface area contributed by atoms with Gasteiger partial charge in [0.05, 0.1) is 36.1 Å². The fourth-order valence-corrected chi connectivity index (χ4v) is 4.14. The molecule has 8 heteroatoms. The Hall–Kier alpha value is -3.65. The molecule has 0 spiro atoms. The summed E-state index contributed by atoms with van der Waals surface area (Å²) < 4.78 is 10.7. The first-order valence-corrected chi connectivity index (χ1v) is 11.0. The lowest BCUT2D eigenvalue weighted by molar-refractivity contribution is 0.0752. The Morgan fingerprint density at radius 2 is 1.84 bits per heavy atom. The predicted octanol–water partition coefficient (Wildman–Crippen LogP) is 4.66. The molecule has 1 aliphatic rings. The second-order valence-corrected chi connectivity index (χ2v) is 8.07. The van der Waals surface area contributed by atoms with Gasteiger partial charge >= 0.3 is 0 Å². The molecule has 0 unspecified atom stereocenters. The summed E-state index contributed by atoms with van der Waals surface area (Å²) in [7, 11) is 3.17. The Labute approximate surface area is 190 Å². The normalized spacial score (nSPS) is 13.3. The molecule has 2 heterocycles. The summed E-state index contributed by atoms with van der Waals surface area (Å²) in [6, 6.07) is 16.1. The highest BCUT2D eigenvalue weighted by molar-refractivity contribution is 7.12. The fourth-order valence-electron chi connectivity index (χ4n) is 3.52. The van der Waals surface area contributed by atoms with Gasteiger partial charge in [-0.2, -0.15) is 5.10 Å². The highest BCUT2D eigenvalue weighted by atomic mass is 32.1. The van der Waals surface area contributed by atoms with Crippen molar-refractivity contribution >= 4 is 34.6 Å². The van der Waals surface area contributed by atoms with Gasteiger partial charge in [-0.15, -0.1) is 11.3 Å². The van der Waals surface area contributed by atoms with Crippen LogP contribution < -0.4 is 14.8 Å². The zero-order chi connectivity index (χ0) is 22.5. The Balaban J connectivity index is 1.59. The summed E-state index contributed by atoms with van der Waals surface area (Å²) in [5.74, 6) is 0.743. The largest absolute Gasteiger partial charge is 0.493 e. The number of thiophene rings is 1. The summed E-state index contributed by atoms with van der Waals surface area (Å²) in [5, 5.41) is 10.8. The van der Waals surface area contributed by atoms with E-state index in [9.17, 15) is 9.59 Å². The third-order valence-electron chi connectivity index (χ3n) is 5.13. The van der Waals surface area contributed by atoms with Crippen LogP contribution in [0, 0.1) is 0 Å². The highest BCUT2D eigenvalue weighted by Gasteiger charge is 2.24. The lowest BCUT2D eigenvalue weighted by Crippen LogP contribution is -2.32. The van der Waals surface area contributed by atoms with E-state index in [-0.39, 0.29) is 11.8 Å². The quantitative estimate of drug-likeness (QED) is 0.594. The van der Waals surface area contributed by atoms with Crippen molar-refractivity contribution in [1.29, 1.82) is 0 Å². The molecule has 0 bridgehead atoms. The van der Waals surface area contributed by atoms with Gasteiger partial charge in [0.25, 0.3) is 11.8 Å². The molecule has 164 valence electrons. The molecule has 1 aromatic heterocycles. The zero-order valence-electron chi connectivity index (χ0n) is 17.8. The lowest BCUT2D eigenvalue weighted by Gasteiger charge is -2.25. The maximum atomic E-state index is 13.3. The summed E-state index contributed by atoms with van der Waals surface area (Å²) in [5.41, 5.74) is 2.53.